The van der Waals surface area contributed by atoms with Crippen LogP contribution in [0.25, 0.3) is 10.9 Å². The maximum Gasteiger partial charge on any atom is 0.256 e. The molecule has 0 unspecified atom stereocenters. The molecule has 0 saturated heterocycles. The number of nitrogens with two attached hydrogens (primary N) is 1. The standard InChI is InChI=1S/C16H19N3O2/c1-2-8-19-9-11(16(21)18-10-6-7-10)15(20)14-12(17)4-3-5-13(14)19/h3-5,9-10H,2,6-8,17H2,1H3,(H,18,21). The first kappa shape index (κ1) is 13.7. The van der Waals surface area contributed by atoms with Gasteiger partial charge in [0.2, 0.25) is 5.43 Å². The highest BCUT2D eigenvalue weighted by Crippen LogP contribution is 2.21. The van der Waals surface area contributed by atoms with Crippen LogP contribution in [0.5, 0.6) is 0 Å². The molecule has 1 heterocycles. The van der Waals surface area contributed by atoms with E-state index >= 15 is 0 Å². The van der Waals surface area contributed by atoms with Crippen LogP contribution in [0.3, 0.4) is 0 Å². The number of carbonyl (C=O) groups is 1. The highest BCUT2D eigenvalue weighted by Gasteiger charge is 2.25. The molecule has 1 aliphatic carbocycles. The molecule has 2 aromatic rings. The molecule has 1 aromatic carbocycles. The fourth-order valence-electron chi connectivity index (χ4n) is 2.54. The van der Waals surface area contributed by atoms with Crippen molar-refractivity contribution in [1.82, 2.24) is 9.88 Å². The largest absolute Gasteiger partial charge is 0.398 e. The van der Waals surface area contributed by atoms with Crippen LogP contribution in [-0.4, -0.2) is 16.5 Å². The predicted molar refractivity (Wildman–Crippen MR) is 83.4 cm³/mol. The van der Waals surface area contributed by atoms with Crippen LogP contribution in [0.15, 0.2) is 29.2 Å². The highest BCUT2D eigenvalue weighted by molar-refractivity contribution is 6.00. The predicted octanol–water partition coefficient (Wildman–Crippen LogP) is 1.89. The summed E-state index contributed by atoms with van der Waals surface area (Å²) in [5.74, 6) is -0.294. The Labute approximate surface area is 122 Å². The molecular weight excluding hydrogens is 266 g/mol. The number of benzene rings is 1. The molecule has 0 bridgehead atoms. The molecule has 0 radical (unpaired) electrons. The van der Waals surface area contributed by atoms with Crippen molar-refractivity contribution in [3.63, 3.8) is 0 Å². The quantitative estimate of drug-likeness (QED) is 0.842. The van der Waals surface area contributed by atoms with Crippen LogP contribution in [0.4, 0.5) is 5.69 Å². The fraction of sp³-hybridized carbons (Fsp3) is 0.375. The summed E-state index contributed by atoms with van der Waals surface area (Å²) in [7, 11) is 0. The summed E-state index contributed by atoms with van der Waals surface area (Å²) < 4.78 is 1.94. The zero-order chi connectivity index (χ0) is 15.0. The zero-order valence-corrected chi connectivity index (χ0v) is 12.1. The van der Waals surface area contributed by atoms with Crippen molar-refractivity contribution in [3.05, 3.63) is 40.2 Å². The number of anilines is 1. The number of aromatic nitrogens is 1. The minimum Gasteiger partial charge on any atom is -0.398 e. The van der Waals surface area contributed by atoms with Crippen molar-refractivity contribution in [2.75, 3.05) is 5.73 Å². The molecule has 1 amide bonds. The summed E-state index contributed by atoms with van der Waals surface area (Å²) in [5, 5.41) is 3.31. The Balaban J connectivity index is 2.19. The third-order valence-corrected chi connectivity index (χ3v) is 3.76. The molecule has 0 atom stereocenters. The maximum atomic E-state index is 12.6. The van der Waals surface area contributed by atoms with Crippen LogP contribution in [0.1, 0.15) is 36.5 Å². The van der Waals surface area contributed by atoms with Gasteiger partial charge in [0, 0.05) is 24.5 Å². The van der Waals surface area contributed by atoms with Crippen molar-refractivity contribution < 1.29 is 4.79 Å². The van der Waals surface area contributed by atoms with E-state index in [4.69, 9.17) is 5.73 Å². The molecule has 1 fully saturated rings. The van der Waals surface area contributed by atoms with Gasteiger partial charge < -0.3 is 15.6 Å². The first-order valence-corrected chi connectivity index (χ1v) is 7.34. The van der Waals surface area contributed by atoms with Crippen LogP contribution in [0.2, 0.25) is 0 Å². The van der Waals surface area contributed by atoms with E-state index in [1.807, 2.05) is 16.7 Å². The second-order valence-electron chi connectivity index (χ2n) is 5.55. The van der Waals surface area contributed by atoms with Gasteiger partial charge in [-0.1, -0.05) is 13.0 Å². The minimum atomic E-state index is -0.294. The third-order valence-electron chi connectivity index (χ3n) is 3.76. The molecule has 0 aliphatic heterocycles. The lowest BCUT2D eigenvalue weighted by Crippen LogP contribution is -2.31. The topological polar surface area (TPSA) is 77.1 Å². The van der Waals surface area contributed by atoms with Gasteiger partial charge in [-0.3, -0.25) is 9.59 Å². The molecule has 1 aromatic heterocycles. The SMILES string of the molecule is CCCn1cc(C(=O)NC2CC2)c(=O)c2c(N)cccc21. The normalized spacial score (nSPS) is 14.3. The van der Waals surface area contributed by atoms with Crippen molar-refractivity contribution in [3.8, 4) is 0 Å². The Morgan fingerprint density at radius 3 is 2.86 bits per heavy atom. The van der Waals surface area contributed by atoms with Crippen molar-refractivity contribution in [2.45, 2.75) is 38.8 Å². The lowest BCUT2D eigenvalue weighted by molar-refractivity contribution is 0.0949. The number of aryl methyl sites for hydroxylation is 1. The van der Waals surface area contributed by atoms with E-state index in [0.29, 0.717) is 11.1 Å². The summed E-state index contributed by atoms with van der Waals surface area (Å²) in [4.78, 5) is 24.9. The number of nitrogen functional groups attached to an aromatic ring is 1. The molecule has 110 valence electrons. The molecule has 5 nitrogen and oxygen atoms in total. The minimum absolute atomic E-state index is 0.181. The first-order chi connectivity index (χ1) is 10.1. The first-order valence-electron chi connectivity index (χ1n) is 7.34. The second kappa shape index (κ2) is 5.24. The lowest BCUT2D eigenvalue weighted by Gasteiger charge is -2.13. The summed E-state index contributed by atoms with van der Waals surface area (Å²) in [6, 6.07) is 5.61. The van der Waals surface area contributed by atoms with E-state index in [1.54, 1.807) is 12.3 Å². The Morgan fingerprint density at radius 1 is 1.43 bits per heavy atom. The van der Waals surface area contributed by atoms with Crippen molar-refractivity contribution in [1.29, 1.82) is 0 Å². The molecule has 1 aliphatic rings. The van der Waals surface area contributed by atoms with Gasteiger partial charge in [-0.25, -0.2) is 0 Å². The molecule has 1 saturated carbocycles. The number of amides is 1. The van der Waals surface area contributed by atoms with E-state index < -0.39 is 0 Å². The van der Waals surface area contributed by atoms with Gasteiger partial charge in [-0.05, 0) is 31.4 Å². The molecule has 0 spiro atoms. The Hall–Kier alpha value is -2.30. The number of nitrogens with one attached hydrogen (secondary N) is 1. The van der Waals surface area contributed by atoms with Crippen LogP contribution < -0.4 is 16.5 Å². The van der Waals surface area contributed by atoms with Gasteiger partial charge in [0.05, 0.1) is 10.9 Å². The van der Waals surface area contributed by atoms with Gasteiger partial charge in [0.25, 0.3) is 5.91 Å². The lowest BCUT2D eigenvalue weighted by atomic mass is 10.1. The maximum absolute atomic E-state index is 12.6. The number of hydrogen-bond acceptors (Lipinski definition) is 3. The van der Waals surface area contributed by atoms with Gasteiger partial charge in [0.1, 0.15) is 5.56 Å². The van der Waals surface area contributed by atoms with E-state index in [-0.39, 0.29) is 22.9 Å². The average Bonchev–Trinajstić information content (AvgIpc) is 3.25. The molecule has 5 heteroatoms. The summed E-state index contributed by atoms with van der Waals surface area (Å²) in [6.07, 6.45) is 4.55. The molecular formula is C16H19N3O2. The second-order valence-corrected chi connectivity index (χ2v) is 5.55. The monoisotopic (exact) mass is 285 g/mol. The van der Waals surface area contributed by atoms with E-state index in [2.05, 4.69) is 12.2 Å². The van der Waals surface area contributed by atoms with Crippen LogP contribution in [-0.2, 0) is 6.54 Å². The van der Waals surface area contributed by atoms with Crippen LogP contribution >= 0.6 is 0 Å². The van der Waals surface area contributed by atoms with Crippen LogP contribution in [0, 0.1) is 0 Å². The number of carbonyl (C=O) groups excluding carboxylic acids is 1. The Bertz CT molecular complexity index is 760. The highest BCUT2D eigenvalue weighted by atomic mass is 16.2. The molecule has 3 N–H and O–H groups in total. The number of fused-ring (bicyclic) bond motifs is 1. The van der Waals surface area contributed by atoms with Gasteiger partial charge in [-0.2, -0.15) is 0 Å². The number of nitrogens with zero attached hydrogens (tertiary/aromatic N) is 1. The zero-order valence-electron chi connectivity index (χ0n) is 12.1. The van der Waals surface area contributed by atoms with E-state index in [9.17, 15) is 9.59 Å². The molecule has 3 rings (SSSR count). The summed E-state index contributed by atoms with van der Waals surface area (Å²) in [5.41, 5.74) is 7.06. The van der Waals surface area contributed by atoms with Gasteiger partial charge in [0.15, 0.2) is 0 Å². The van der Waals surface area contributed by atoms with E-state index in [0.717, 1.165) is 31.3 Å². The number of hydrogen-bond donors (Lipinski definition) is 2. The summed E-state index contributed by atoms with van der Waals surface area (Å²) in [6.45, 7) is 2.80. The molecule has 21 heavy (non-hydrogen) atoms. The average molecular weight is 285 g/mol. The van der Waals surface area contributed by atoms with Gasteiger partial charge in [-0.15, -0.1) is 0 Å². The fourth-order valence-corrected chi connectivity index (χ4v) is 2.54. The van der Waals surface area contributed by atoms with Crippen molar-refractivity contribution in [2.24, 2.45) is 0 Å². The van der Waals surface area contributed by atoms with Gasteiger partial charge >= 0.3 is 0 Å². The smallest absolute Gasteiger partial charge is 0.256 e. The van der Waals surface area contributed by atoms with E-state index in [1.165, 1.54) is 0 Å². The van der Waals surface area contributed by atoms with Crippen molar-refractivity contribution >= 4 is 22.5 Å². The third kappa shape index (κ3) is 2.51. The Morgan fingerprint density at radius 2 is 2.19 bits per heavy atom. The number of pyridine rings is 1. The summed E-state index contributed by atoms with van der Waals surface area (Å²) >= 11 is 0. The number of rotatable bonds is 4. The Kier molecular flexibility index (Phi) is 3.41.